The fourth-order valence-electron chi connectivity index (χ4n) is 4.58. The SMILES string of the molecule is COc1ccc2ncc(=O)n(CCN3CC[C@@H](O)[C@@H](CNCc4ccc5c(n4)NC(=O)CO5)C3)c2n1. The van der Waals surface area contributed by atoms with E-state index in [4.69, 9.17) is 9.47 Å². The van der Waals surface area contributed by atoms with Crippen molar-refractivity contribution >= 4 is 22.9 Å². The molecule has 36 heavy (non-hydrogen) atoms. The maximum Gasteiger partial charge on any atom is 0.270 e. The van der Waals surface area contributed by atoms with Gasteiger partial charge in [0.1, 0.15) is 5.52 Å². The van der Waals surface area contributed by atoms with Crippen molar-refractivity contribution in [1.29, 1.82) is 0 Å². The van der Waals surface area contributed by atoms with Gasteiger partial charge in [-0.3, -0.25) is 14.2 Å². The Balaban J connectivity index is 1.18. The van der Waals surface area contributed by atoms with Crippen LogP contribution in [0.2, 0.25) is 0 Å². The summed E-state index contributed by atoms with van der Waals surface area (Å²) in [6, 6.07) is 7.16. The van der Waals surface area contributed by atoms with Crippen molar-refractivity contribution in [2.75, 3.05) is 45.2 Å². The minimum absolute atomic E-state index is 0.000922. The highest BCUT2D eigenvalue weighted by molar-refractivity contribution is 5.94. The Hall–Kier alpha value is -3.61. The first-order chi connectivity index (χ1) is 17.5. The lowest BCUT2D eigenvalue weighted by Gasteiger charge is -2.36. The Kier molecular flexibility index (Phi) is 7.07. The summed E-state index contributed by atoms with van der Waals surface area (Å²) < 4.78 is 12.2. The number of anilines is 1. The van der Waals surface area contributed by atoms with Gasteiger partial charge in [0.2, 0.25) is 5.88 Å². The van der Waals surface area contributed by atoms with E-state index in [0.29, 0.717) is 67.8 Å². The molecule has 3 aromatic rings. The topological polar surface area (TPSA) is 144 Å². The van der Waals surface area contributed by atoms with Gasteiger partial charge in [0.15, 0.2) is 23.8 Å². The predicted molar refractivity (Wildman–Crippen MR) is 131 cm³/mol. The number of aliphatic hydroxyl groups excluding tert-OH is 1. The van der Waals surface area contributed by atoms with Gasteiger partial charge < -0.3 is 30.1 Å². The number of amides is 1. The highest BCUT2D eigenvalue weighted by Gasteiger charge is 2.27. The molecule has 3 aromatic heterocycles. The van der Waals surface area contributed by atoms with E-state index < -0.39 is 6.10 Å². The van der Waals surface area contributed by atoms with Crippen molar-refractivity contribution in [2.45, 2.75) is 25.6 Å². The predicted octanol–water partition coefficient (Wildman–Crippen LogP) is -0.00140. The molecule has 12 heteroatoms. The third-order valence-corrected chi connectivity index (χ3v) is 6.54. The van der Waals surface area contributed by atoms with Gasteiger partial charge in [0.05, 0.1) is 25.1 Å². The van der Waals surface area contributed by atoms with E-state index in [1.165, 1.54) is 13.3 Å². The smallest absolute Gasteiger partial charge is 0.270 e. The molecule has 12 nitrogen and oxygen atoms in total. The lowest BCUT2D eigenvalue weighted by atomic mass is 9.94. The Morgan fingerprint density at radius 3 is 2.97 bits per heavy atom. The van der Waals surface area contributed by atoms with Crippen LogP contribution in [0.15, 0.2) is 35.3 Å². The van der Waals surface area contributed by atoms with Gasteiger partial charge in [-0.25, -0.2) is 9.97 Å². The summed E-state index contributed by atoms with van der Waals surface area (Å²) in [7, 11) is 1.54. The number of rotatable bonds is 8. The molecule has 190 valence electrons. The van der Waals surface area contributed by atoms with Crippen molar-refractivity contribution < 1.29 is 19.4 Å². The molecule has 1 fully saturated rings. The molecule has 0 bridgehead atoms. The van der Waals surface area contributed by atoms with Gasteiger partial charge in [-0.2, -0.15) is 4.98 Å². The van der Waals surface area contributed by atoms with Crippen molar-refractivity contribution in [3.05, 3.63) is 46.5 Å². The molecule has 0 aromatic carbocycles. The van der Waals surface area contributed by atoms with E-state index >= 15 is 0 Å². The lowest BCUT2D eigenvalue weighted by Crippen LogP contribution is -2.48. The van der Waals surface area contributed by atoms with E-state index in [2.05, 4.69) is 30.5 Å². The molecular formula is C24H29N7O5. The number of hydrogen-bond acceptors (Lipinski definition) is 10. The number of likely N-dealkylation sites (tertiary alicyclic amines) is 1. The maximum atomic E-state index is 12.5. The fourth-order valence-corrected chi connectivity index (χ4v) is 4.58. The molecule has 0 spiro atoms. The molecule has 0 saturated carbocycles. The first kappa shape index (κ1) is 24.1. The highest BCUT2D eigenvalue weighted by Crippen LogP contribution is 2.25. The molecule has 5 rings (SSSR count). The number of carbonyl (C=O) groups excluding carboxylic acids is 1. The minimum Gasteiger partial charge on any atom is -0.481 e. The highest BCUT2D eigenvalue weighted by atomic mass is 16.5. The van der Waals surface area contributed by atoms with Gasteiger partial charge >= 0.3 is 0 Å². The van der Waals surface area contributed by atoms with E-state index in [9.17, 15) is 14.7 Å². The molecule has 2 atom stereocenters. The Labute approximate surface area is 207 Å². The largest absolute Gasteiger partial charge is 0.481 e. The zero-order chi connectivity index (χ0) is 25.1. The molecule has 2 aliphatic heterocycles. The van der Waals surface area contributed by atoms with Crippen LogP contribution in [0, 0.1) is 5.92 Å². The van der Waals surface area contributed by atoms with Crippen LogP contribution >= 0.6 is 0 Å². The van der Waals surface area contributed by atoms with Crippen LogP contribution in [0.3, 0.4) is 0 Å². The molecule has 0 radical (unpaired) electrons. The number of hydrogen-bond donors (Lipinski definition) is 3. The van der Waals surface area contributed by atoms with Crippen LogP contribution in [0.4, 0.5) is 5.82 Å². The molecule has 1 amide bonds. The zero-order valence-corrected chi connectivity index (χ0v) is 20.0. The summed E-state index contributed by atoms with van der Waals surface area (Å²) in [6.07, 6.45) is 1.56. The second-order valence-electron chi connectivity index (χ2n) is 8.98. The Morgan fingerprint density at radius 2 is 2.11 bits per heavy atom. The number of pyridine rings is 2. The van der Waals surface area contributed by atoms with Gasteiger partial charge in [0.25, 0.3) is 11.5 Å². The van der Waals surface area contributed by atoms with Gasteiger partial charge in [-0.15, -0.1) is 0 Å². The molecule has 1 saturated heterocycles. The minimum atomic E-state index is -0.409. The van der Waals surface area contributed by atoms with Crippen LogP contribution in [0.1, 0.15) is 12.1 Å². The van der Waals surface area contributed by atoms with E-state index in [1.54, 1.807) is 22.8 Å². The average Bonchev–Trinajstić information content (AvgIpc) is 2.89. The van der Waals surface area contributed by atoms with Crippen molar-refractivity contribution in [2.24, 2.45) is 5.92 Å². The number of carbonyl (C=O) groups is 1. The van der Waals surface area contributed by atoms with Crippen molar-refractivity contribution in [3.8, 4) is 11.6 Å². The van der Waals surface area contributed by atoms with Crippen molar-refractivity contribution in [1.82, 2.24) is 29.7 Å². The number of piperidine rings is 1. The second-order valence-corrected chi connectivity index (χ2v) is 8.98. The number of ether oxygens (including phenoxy) is 2. The standard InChI is InChI=1S/C24H29N7O5/c1-35-21-5-3-17-24(29-21)31(22(34)12-26-17)9-8-30-7-6-18(32)15(13-30)10-25-11-16-2-4-19-23(27-16)28-20(33)14-36-19/h2-5,12,15,18,25,32H,6-11,13-14H2,1H3,(H,27,28,33)/t15-,18+/m0/s1. The monoisotopic (exact) mass is 495 g/mol. The van der Waals surface area contributed by atoms with Crippen LogP contribution in [-0.2, 0) is 17.9 Å². The van der Waals surface area contributed by atoms with Gasteiger partial charge in [-0.1, -0.05) is 0 Å². The number of aromatic nitrogens is 4. The number of fused-ring (bicyclic) bond motifs is 2. The molecule has 0 aliphatic carbocycles. The van der Waals surface area contributed by atoms with E-state index in [0.717, 1.165) is 12.2 Å². The van der Waals surface area contributed by atoms with Gasteiger partial charge in [-0.05, 0) is 24.6 Å². The lowest BCUT2D eigenvalue weighted by molar-refractivity contribution is -0.118. The summed E-state index contributed by atoms with van der Waals surface area (Å²) in [5.74, 6) is 1.23. The summed E-state index contributed by atoms with van der Waals surface area (Å²) in [5, 5.41) is 16.6. The van der Waals surface area contributed by atoms with Crippen LogP contribution in [0.25, 0.3) is 11.2 Å². The fraction of sp³-hybridized carbons (Fsp3) is 0.458. The van der Waals surface area contributed by atoms with Crippen molar-refractivity contribution in [3.63, 3.8) is 0 Å². The van der Waals surface area contributed by atoms with Crippen LogP contribution in [0.5, 0.6) is 11.6 Å². The summed E-state index contributed by atoms with van der Waals surface area (Å²) in [6.45, 7) is 3.66. The number of methoxy groups -OCH3 is 1. The Bertz CT molecular complexity index is 1310. The average molecular weight is 496 g/mol. The molecule has 2 aliphatic rings. The maximum absolute atomic E-state index is 12.5. The van der Waals surface area contributed by atoms with Crippen LogP contribution < -0.4 is 25.7 Å². The first-order valence-corrected chi connectivity index (χ1v) is 11.9. The Morgan fingerprint density at radius 1 is 1.22 bits per heavy atom. The number of nitrogens with one attached hydrogen (secondary N) is 2. The van der Waals surface area contributed by atoms with E-state index in [1.807, 2.05) is 6.07 Å². The van der Waals surface area contributed by atoms with Crippen LogP contribution in [-0.4, -0.2) is 81.4 Å². The third-order valence-electron chi connectivity index (χ3n) is 6.54. The second kappa shape index (κ2) is 10.6. The molecule has 0 unspecified atom stereocenters. The number of aliphatic hydroxyl groups is 1. The normalized spacial score (nSPS) is 20.0. The van der Waals surface area contributed by atoms with Gasteiger partial charge in [0, 0.05) is 51.3 Å². The molecule has 5 heterocycles. The third kappa shape index (κ3) is 5.30. The summed E-state index contributed by atoms with van der Waals surface area (Å²) >= 11 is 0. The zero-order valence-electron chi connectivity index (χ0n) is 20.0. The number of nitrogens with zero attached hydrogens (tertiary/aromatic N) is 5. The quantitative estimate of drug-likeness (QED) is 0.391. The van der Waals surface area contributed by atoms with E-state index in [-0.39, 0.29) is 24.0 Å². The first-order valence-electron chi connectivity index (χ1n) is 11.9. The molecule has 3 N–H and O–H groups in total. The summed E-state index contributed by atoms with van der Waals surface area (Å²) in [4.78, 5) is 39.3. The summed E-state index contributed by atoms with van der Waals surface area (Å²) in [5.41, 5.74) is 1.69. The molecular weight excluding hydrogens is 466 g/mol.